The molecule has 1 saturated heterocycles. The highest BCUT2D eigenvalue weighted by molar-refractivity contribution is 8.02. The minimum Gasteiger partial charge on any atom is -0.493 e. The van der Waals surface area contributed by atoms with Crippen LogP contribution >= 0.6 is 11.8 Å². The molecule has 256 valence electrons. The molecule has 7 rings (SSSR count). The minimum atomic E-state index is -0.707. The Bertz CT molecular complexity index is 2120. The number of hydrogen-bond acceptors (Lipinski definition) is 8. The normalized spacial score (nSPS) is 14.6. The lowest BCUT2D eigenvalue weighted by molar-refractivity contribution is 0.0358. The molecule has 9 nitrogen and oxygen atoms in total. The molecule has 5 aromatic rings. The van der Waals surface area contributed by atoms with Gasteiger partial charge in [-0.3, -0.25) is 24.0 Å². The average molecular weight is 697 g/mol. The predicted octanol–water partition coefficient (Wildman–Crippen LogP) is 7.36. The Morgan fingerprint density at radius 1 is 0.980 bits per heavy atom. The van der Waals surface area contributed by atoms with E-state index < -0.39 is 23.1 Å². The maximum absolute atomic E-state index is 15.4. The van der Waals surface area contributed by atoms with Gasteiger partial charge in [0.15, 0.2) is 11.6 Å². The van der Waals surface area contributed by atoms with Crippen LogP contribution in [0.25, 0.3) is 16.6 Å². The molecular formula is C38H34F2N4O5S. The van der Waals surface area contributed by atoms with Crippen LogP contribution in [0.3, 0.4) is 0 Å². The van der Waals surface area contributed by atoms with Crippen LogP contribution in [0.1, 0.15) is 28.8 Å². The number of thioether (sulfide) groups is 1. The number of nitrogens with one attached hydrogen (secondary N) is 1. The average Bonchev–Trinajstić information content (AvgIpc) is 3.37. The van der Waals surface area contributed by atoms with Gasteiger partial charge in [0.1, 0.15) is 22.9 Å². The van der Waals surface area contributed by atoms with Crippen molar-refractivity contribution in [3.05, 3.63) is 124 Å². The van der Waals surface area contributed by atoms with Crippen molar-refractivity contribution in [2.75, 3.05) is 44.8 Å². The van der Waals surface area contributed by atoms with Crippen molar-refractivity contribution < 1.29 is 27.8 Å². The van der Waals surface area contributed by atoms with Gasteiger partial charge in [-0.15, -0.1) is 0 Å². The number of carbonyl (C=O) groups excluding carboxylic acids is 1. The van der Waals surface area contributed by atoms with Gasteiger partial charge in [0.2, 0.25) is 0 Å². The SMILES string of the molecule is O=C(Nc1ccc(Oc2ccnc3cc(OCCCN4CCOCC4)ccc23)c(F)c1)c1cc2c(n(-c3ccc(F)cc3)c1=O)SC=CCC2. The van der Waals surface area contributed by atoms with Crippen molar-refractivity contribution in [3.63, 3.8) is 0 Å². The van der Waals surface area contributed by atoms with Crippen molar-refractivity contribution in [1.82, 2.24) is 14.5 Å². The molecule has 0 saturated carbocycles. The molecule has 1 N–H and O–H groups in total. The summed E-state index contributed by atoms with van der Waals surface area (Å²) >= 11 is 1.37. The Morgan fingerprint density at radius 2 is 1.82 bits per heavy atom. The van der Waals surface area contributed by atoms with E-state index in [1.165, 1.54) is 52.7 Å². The lowest BCUT2D eigenvalue weighted by Gasteiger charge is -2.26. The van der Waals surface area contributed by atoms with E-state index in [0.717, 1.165) is 57.3 Å². The number of aryl methyl sites for hydroxylation is 1. The van der Waals surface area contributed by atoms with E-state index in [1.54, 1.807) is 18.3 Å². The number of nitrogens with zero attached hydrogens (tertiary/aromatic N) is 3. The maximum atomic E-state index is 15.4. The molecule has 0 atom stereocenters. The fourth-order valence-corrected chi connectivity index (χ4v) is 6.90. The lowest BCUT2D eigenvalue weighted by atomic mass is 10.1. The Kier molecular flexibility index (Phi) is 10.2. The number of ether oxygens (including phenoxy) is 3. The molecule has 0 bridgehead atoms. The summed E-state index contributed by atoms with van der Waals surface area (Å²) in [5, 5.41) is 5.89. The van der Waals surface area contributed by atoms with Gasteiger partial charge in [0, 0.05) is 54.7 Å². The monoisotopic (exact) mass is 696 g/mol. The molecule has 1 amide bonds. The van der Waals surface area contributed by atoms with Gasteiger partial charge in [0.05, 0.1) is 30.4 Å². The lowest BCUT2D eigenvalue weighted by Crippen LogP contribution is -2.37. The maximum Gasteiger partial charge on any atom is 0.268 e. The van der Waals surface area contributed by atoms with Crippen molar-refractivity contribution in [3.8, 4) is 22.9 Å². The highest BCUT2D eigenvalue weighted by Gasteiger charge is 2.22. The van der Waals surface area contributed by atoms with Crippen LogP contribution in [-0.2, 0) is 11.2 Å². The Morgan fingerprint density at radius 3 is 2.64 bits per heavy atom. The summed E-state index contributed by atoms with van der Waals surface area (Å²) in [5.74, 6) is -0.796. The molecular weight excluding hydrogens is 663 g/mol. The number of amides is 1. The summed E-state index contributed by atoms with van der Waals surface area (Å²) in [6.07, 6.45) is 5.80. The number of anilines is 1. The van der Waals surface area contributed by atoms with E-state index in [-0.39, 0.29) is 17.0 Å². The third-order valence-electron chi connectivity index (χ3n) is 8.49. The molecule has 2 aliphatic heterocycles. The Balaban J connectivity index is 1.05. The second-order valence-electron chi connectivity index (χ2n) is 11.9. The molecule has 4 heterocycles. The zero-order valence-corrected chi connectivity index (χ0v) is 27.9. The summed E-state index contributed by atoms with van der Waals surface area (Å²) in [6, 6.07) is 18.3. The fraction of sp³-hybridized carbons (Fsp3) is 0.237. The van der Waals surface area contributed by atoms with Gasteiger partial charge >= 0.3 is 0 Å². The number of aromatic nitrogens is 2. The molecule has 0 spiro atoms. The van der Waals surface area contributed by atoms with E-state index in [1.807, 2.05) is 29.7 Å². The first-order valence-corrected chi connectivity index (χ1v) is 17.3. The summed E-state index contributed by atoms with van der Waals surface area (Å²) in [4.78, 5) is 34.0. The van der Waals surface area contributed by atoms with Crippen molar-refractivity contribution >= 4 is 34.3 Å². The van der Waals surface area contributed by atoms with Crippen LogP contribution in [-0.4, -0.2) is 59.8 Å². The smallest absolute Gasteiger partial charge is 0.268 e. The highest BCUT2D eigenvalue weighted by atomic mass is 32.2. The van der Waals surface area contributed by atoms with Crippen LogP contribution in [0.5, 0.6) is 17.2 Å². The Hall–Kier alpha value is -5.04. The van der Waals surface area contributed by atoms with E-state index in [0.29, 0.717) is 46.1 Å². The molecule has 2 aliphatic rings. The number of allylic oxidation sites excluding steroid dienone is 1. The van der Waals surface area contributed by atoms with Gasteiger partial charge in [-0.05, 0) is 90.9 Å². The quantitative estimate of drug-likeness (QED) is 0.152. The van der Waals surface area contributed by atoms with Gasteiger partial charge in [-0.25, -0.2) is 8.78 Å². The summed E-state index contributed by atoms with van der Waals surface area (Å²) in [7, 11) is 0. The number of benzene rings is 3. The predicted molar refractivity (Wildman–Crippen MR) is 189 cm³/mol. The van der Waals surface area contributed by atoms with Gasteiger partial charge in [0.25, 0.3) is 11.5 Å². The first kappa shape index (κ1) is 33.5. The van der Waals surface area contributed by atoms with E-state index in [9.17, 15) is 14.0 Å². The second kappa shape index (κ2) is 15.2. The standard InChI is InChI=1S/C38H34F2N4O5S/c39-26-5-8-28(9-6-26)44-37(46)31(22-25-4-1-2-21-50-38(25)44)36(45)42-27-7-12-35(32(40)23-27)49-34-13-14-41-33-24-29(10-11-30(33)34)48-18-3-15-43-16-19-47-20-17-43/h2,5-14,21-24H,1,3-4,15-20H2,(H,42,45). The second-order valence-corrected chi connectivity index (χ2v) is 12.8. The van der Waals surface area contributed by atoms with Gasteiger partial charge in [-0.1, -0.05) is 17.8 Å². The molecule has 12 heteroatoms. The first-order chi connectivity index (χ1) is 24.4. The van der Waals surface area contributed by atoms with Crippen LogP contribution in [0.2, 0.25) is 0 Å². The zero-order valence-electron chi connectivity index (χ0n) is 27.1. The highest BCUT2D eigenvalue weighted by Crippen LogP contribution is 2.34. The number of halogens is 2. The summed E-state index contributed by atoms with van der Waals surface area (Å²) < 4.78 is 47.8. The molecule has 0 unspecified atom stereocenters. The number of fused-ring (bicyclic) bond motifs is 2. The largest absolute Gasteiger partial charge is 0.493 e. The van der Waals surface area contributed by atoms with Crippen LogP contribution in [0, 0.1) is 11.6 Å². The molecule has 3 aromatic carbocycles. The Labute approximate surface area is 291 Å². The van der Waals surface area contributed by atoms with E-state index in [4.69, 9.17) is 14.2 Å². The van der Waals surface area contributed by atoms with E-state index >= 15 is 4.39 Å². The minimum absolute atomic E-state index is 0.0489. The van der Waals surface area contributed by atoms with Crippen LogP contribution in [0.4, 0.5) is 14.5 Å². The fourth-order valence-electron chi connectivity index (χ4n) is 5.93. The number of hydrogen-bond donors (Lipinski definition) is 1. The van der Waals surface area contributed by atoms with Gasteiger partial charge < -0.3 is 19.5 Å². The van der Waals surface area contributed by atoms with Crippen molar-refractivity contribution in [1.29, 1.82) is 0 Å². The van der Waals surface area contributed by atoms with Crippen molar-refractivity contribution in [2.45, 2.75) is 24.3 Å². The number of carbonyl (C=O) groups is 1. The number of morpholine rings is 1. The van der Waals surface area contributed by atoms with Crippen LogP contribution < -0.4 is 20.3 Å². The molecule has 0 radical (unpaired) electrons. The third-order valence-corrected chi connectivity index (χ3v) is 9.49. The zero-order chi connectivity index (χ0) is 34.5. The summed E-state index contributed by atoms with van der Waals surface area (Å²) in [5.41, 5.74) is 1.34. The number of rotatable bonds is 10. The summed E-state index contributed by atoms with van der Waals surface area (Å²) in [6.45, 7) is 4.93. The first-order valence-electron chi connectivity index (χ1n) is 16.4. The molecule has 2 aromatic heterocycles. The molecule has 0 aliphatic carbocycles. The number of pyridine rings is 2. The van der Waals surface area contributed by atoms with E-state index in [2.05, 4.69) is 15.2 Å². The molecule has 1 fully saturated rings. The van der Waals surface area contributed by atoms with Gasteiger partial charge in [-0.2, -0.15) is 0 Å². The third kappa shape index (κ3) is 7.57. The molecule has 50 heavy (non-hydrogen) atoms. The van der Waals surface area contributed by atoms with Crippen molar-refractivity contribution in [2.24, 2.45) is 0 Å². The topological polar surface area (TPSA) is 94.9 Å². The van der Waals surface area contributed by atoms with Crippen LogP contribution in [0.15, 0.2) is 100 Å².